The maximum Gasteiger partial charge on any atom is 0.358 e. The minimum atomic E-state index is -1.22. The Bertz CT molecular complexity index is 1200. The number of carbonyl (C=O) groups excluding carboxylic acids is 3. The van der Waals surface area contributed by atoms with Gasteiger partial charge in [-0.25, -0.2) is 4.79 Å². The lowest BCUT2D eigenvalue weighted by atomic mass is 9.94. The summed E-state index contributed by atoms with van der Waals surface area (Å²) in [6, 6.07) is 18.8. The Morgan fingerprint density at radius 3 is 2.47 bits per heavy atom. The fraction of sp³-hybridized carbons (Fsp3) is 0.308. The third-order valence-corrected chi connectivity index (χ3v) is 6.03. The summed E-state index contributed by atoms with van der Waals surface area (Å²) in [6.45, 7) is 6.32. The number of fused-ring (bicyclic) bond motifs is 1. The van der Waals surface area contributed by atoms with Crippen molar-refractivity contribution in [1.29, 1.82) is 0 Å². The molecule has 1 atom stereocenters. The Hall–Kier alpha value is -3.94. The maximum atomic E-state index is 13.6. The molecule has 34 heavy (non-hydrogen) atoms. The molecule has 0 saturated heterocycles. The van der Waals surface area contributed by atoms with Crippen molar-refractivity contribution in [3.05, 3.63) is 88.7 Å². The number of carbonyl (C=O) groups is 3. The van der Waals surface area contributed by atoms with Crippen LogP contribution in [0.3, 0.4) is 0 Å². The minimum Gasteiger partial charge on any atom is -0.461 e. The third kappa shape index (κ3) is 4.57. The van der Waals surface area contributed by atoms with E-state index in [0.29, 0.717) is 6.54 Å². The minimum absolute atomic E-state index is 0.0504. The van der Waals surface area contributed by atoms with E-state index in [-0.39, 0.29) is 42.9 Å². The summed E-state index contributed by atoms with van der Waals surface area (Å²) in [5.41, 5.74) is 2.05. The number of hydrogen-bond acceptors (Lipinski definition) is 5. The topological polar surface area (TPSA) is 93.5 Å². The summed E-state index contributed by atoms with van der Waals surface area (Å²) in [5.74, 6) is -1.26. The van der Waals surface area contributed by atoms with E-state index < -0.39 is 11.5 Å². The average Bonchev–Trinajstić information content (AvgIpc) is 3.26. The van der Waals surface area contributed by atoms with Gasteiger partial charge in [-0.2, -0.15) is 5.10 Å². The first-order valence-corrected chi connectivity index (χ1v) is 11.3. The maximum absolute atomic E-state index is 13.6. The SMILES string of the molecule is CCOC(=O)c1cc2n(n1)CC(C)(C(=O)NCc1ccccc1)N(Cc1ccc(C)cc1)C2=O. The normalized spacial score (nSPS) is 17.3. The first-order valence-electron chi connectivity index (χ1n) is 11.3. The van der Waals surface area contributed by atoms with Gasteiger partial charge in [-0.1, -0.05) is 60.2 Å². The van der Waals surface area contributed by atoms with Gasteiger partial charge in [0.2, 0.25) is 5.91 Å². The van der Waals surface area contributed by atoms with Crippen molar-refractivity contribution in [3.8, 4) is 0 Å². The van der Waals surface area contributed by atoms with E-state index in [2.05, 4.69) is 10.4 Å². The molecule has 2 aromatic carbocycles. The molecule has 1 unspecified atom stereocenters. The quantitative estimate of drug-likeness (QED) is 0.547. The number of amides is 2. The molecule has 1 aliphatic rings. The monoisotopic (exact) mass is 460 g/mol. The van der Waals surface area contributed by atoms with Crippen LogP contribution < -0.4 is 5.32 Å². The van der Waals surface area contributed by atoms with Crippen LogP contribution in [0.1, 0.15) is 51.5 Å². The molecule has 1 aromatic heterocycles. The van der Waals surface area contributed by atoms with Gasteiger partial charge >= 0.3 is 5.97 Å². The number of hydrogen-bond donors (Lipinski definition) is 1. The zero-order chi connectivity index (χ0) is 24.3. The number of nitrogens with zero attached hydrogens (tertiary/aromatic N) is 3. The first kappa shape index (κ1) is 23.2. The van der Waals surface area contributed by atoms with Crippen LogP contribution in [0.25, 0.3) is 0 Å². The van der Waals surface area contributed by atoms with Crippen LogP contribution in [0.5, 0.6) is 0 Å². The van der Waals surface area contributed by atoms with Crippen LogP contribution in [0.2, 0.25) is 0 Å². The van der Waals surface area contributed by atoms with Gasteiger partial charge in [-0.15, -0.1) is 0 Å². The lowest BCUT2D eigenvalue weighted by Crippen LogP contribution is -2.63. The second-order valence-electron chi connectivity index (χ2n) is 8.61. The van der Waals surface area contributed by atoms with Gasteiger partial charge in [0, 0.05) is 19.2 Å². The molecular formula is C26H28N4O4. The highest BCUT2D eigenvalue weighted by Crippen LogP contribution is 2.30. The van der Waals surface area contributed by atoms with Gasteiger partial charge in [-0.05, 0) is 31.9 Å². The molecule has 4 rings (SSSR count). The molecule has 8 heteroatoms. The molecule has 2 heterocycles. The van der Waals surface area contributed by atoms with Gasteiger partial charge in [0.1, 0.15) is 11.2 Å². The summed E-state index contributed by atoms with van der Waals surface area (Å²) >= 11 is 0. The number of esters is 1. The van der Waals surface area contributed by atoms with E-state index in [0.717, 1.165) is 16.7 Å². The molecule has 2 amide bonds. The number of rotatable bonds is 7. The predicted molar refractivity (Wildman–Crippen MR) is 126 cm³/mol. The van der Waals surface area contributed by atoms with E-state index in [4.69, 9.17) is 4.74 Å². The molecule has 1 aliphatic heterocycles. The smallest absolute Gasteiger partial charge is 0.358 e. The van der Waals surface area contributed by atoms with E-state index >= 15 is 0 Å². The Kier molecular flexibility index (Phi) is 6.49. The van der Waals surface area contributed by atoms with Gasteiger partial charge < -0.3 is 15.0 Å². The highest BCUT2D eigenvalue weighted by Gasteiger charge is 2.48. The second kappa shape index (κ2) is 9.51. The van der Waals surface area contributed by atoms with Crippen molar-refractivity contribution < 1.29 is 19.1 Å². The number of benzene rings is 2. The highest BCUT2D eigenvalue weighted by molar-refractivity contribution is 6.01. The summed E-state index contributed by atoms with van der Waals surface area (Å²) in [6.07, 6.45) is 0. The Balaban J connectivity index is 1.67. The summed E-state index contributed by atoms with van der Waals surface area (Å²) in [5, 5.41) is 7.25. The Morgan fingerprint density at radius 2 is 1.79 bits per heavy atom. The number of aromatic nitrogens is 2. The molecule has 0 fully saturated rings. The van der Waals surface area contributed by atoms with Gasteiger partial charge in [0.05, 0.1) is 13.2 Å². The van der Waals surface area contributed by atoms with Crippen LogP contribution >= 0.6 is 0 Å². The molecule has 0 bridgehead atoms. The van der Waals surface area contributed by atoms with Crippen LogP contribution in [0.15, 0.2) is 60.7 Å². The largest absolute Gasteiger partial charge is 0.461 e. The molecule has 3 aromatic rings. The fourth-order valence-corrected chi connectivity index (χ4v) is 4.04. The average molecular weight is 461 g/mol. The highest BCUT2D eigenvalue weighted by atomic mass is 16.5. The lowest BCUT2D eigenvalue weighted by molar-refractivity contribution is -0.133. The fourth-order valence-electron chi connectivity index (χ4n) is 4.04. The van der Waals surface area contributed by atoms with Gasteiger partial charge in [0.25, 0.3) is 5.91 Å². The van der Waals surface area contributed by atoms with Crippen LogP contribution in [0.4, 0.5) is 0 Å². The van der Waals surface area contributed by atoms with E-state index in [1.165, 1.54) is 10.7 Å². The zero-order valence-corrected chi connectivity index (χ0v) is 19.6. The molecule has 176 valence electrons. The van der Waals surface area contributed by atoms with E-state index in [1.807, 2.05) is 61.5 Å². The summed E-state index contributed by atoms with van der Waals surface area (Å²) in [4.78, 5) is 40.9. The first-order chi connectivity index (χ1) is 16.3. The van der Waals surface area contributed by atoms with Gasteiger partial charge in [0.15, 0.2) is 5.69 Å². The Labute approximate surface area is 198 Å². The molecule has 0 radical (unpaired) electrons. The number of ether oxygens (including phenoxy) is 1. The van der Waals surface area contributed by atoms with Crippen molar-refractivity contribution >= 4 is 17.8 Å². The van der Waals surface area contributed by atoms with Crippen molar-refractivity contribution in [2.45, 2.75) is 45.9 Å². The lowest BCUT2D eigenvalue weighted by Gasteiger charge is -2.43. The van der Waals surface area contributed by atoms with E-state index in [1.54, 1.807) is 18.7 Å². The zero-order valence-electron chi connectivity index (χ0n) is 19.6. The third-order valence-electron chi connectivity index (χ3n) is 6.03. The second-order valence-corrected chi connectivity index (χ2v) is 8.61. The van der Waals surface area contributed by atoms with Crippen molar-refractivity contribution in [2.75, 3.05) is 6.61 Å². The molecule has 8 nitrogen and oxygen atoms in total. The standard InChI is InChI=1S/C26H28N4O4/c1-4-34-24(32)21-14-22-23(31)29(16-20-12-10-18(2)11-13-20)26(3,17-30(22)28-21)25(33)27-15-19-8-6-5-7-9-19/h5-14H,4,15-17H2,1-3H3,(H,27,33). The van der Waals surface area contributed by atoms with Crippen LogP contribution in [-0.4, -0.2) is 44.6 Å². The number of nitrogens with one attached hydrogen (secondary N) is 1. The van der Waals surface area contributed by atoms with Crippen LogP contribution in [0, 0.1) is 6.92 Å². The Morgan fingerprint density at radius 1 is 1.09 bits per heavy atom. The molecule has 0 spiro atoms. The van der Waals surface area contributed by atoms with Gasteiger partial charge in [-0.3, -0.25) is 14.3 Å². The van der Waals surface area contributed by atoms with E-state index in [9.17, 15) is 14.4 Å². The molecular weight excluding hydrogens is 432 g/mol. The van der Waals surface area contributed by atoms with Crippen molar-refractivity contribution in [3.63, 3.8) is 0 Å². The predicted octanol–water partition coefficient (Wildman–Crippen LogP) is 3.10. The molecule has 1 N–H and O–H groups in total. The summed E-state index contributed by atoms with van der Waals surface area (Å²) < 4.78 is 6.48. The van der Waals surface area contributed by atoms with Crippen molar-refractivity contribution in [1.82, 2.24) is 20.0 Å². The molecule has 0 aliphatic carbocycles. The summed E-state index contributed by atoms with van der Waals surface area (Å²) in [7, 11) is 0. The van der Waals surface area contributed by atoms with Crippen molar-refractivity contribution in [2.24, 2.45) is 0 Å². The number of aryl methyl sites for hydroxylation is 1. The molecule has 0 saturated carbocycles. The van der Waals surface area contributed by atoms with Crippen LogP contribution in [-0.2, 0) is 29.2 Å².